The van der Waals surface area contributed by atoms with E-state index < -0.39 is 11.7 Å². The first-order valence-electron chi connectivity index (χ1n) is 7.12. The Bertz CT molecular complexity index is 361. The highest BCUT2D eigenvalue weighted by Crippen LogP contribution is 2.32. The van der Waals surface area contributed by atoms with Gasteiger partial charge < -0.3 is 14.6 Å². The number of aliphatic hydroxyl groups excluding tert-OH is 1. The third-order valence-electron chi connectivity index (χ3n) is 3.42. The van der Waals surface area contributed by atoms with E-state index >= 15 is 0 Å². The van der Waals surface area contributed by atoms with E-state index in [9.17, 15) is 5.11 Å². The van der Waals surface area contributed by atoms with Crippen LogP contribution < -0.4 is 4.74 Å². The highest BCUT2D eigenvalue weighted by molar-refractivity contribution is 5.29. The van der Waals surface area contributed by atoms with Crippen molar-refractivity contribution in [2.45, 2.75) is 52.2 Å². The third kappa shape index (κ3) is 4.22. The van der Waals surface area contributed by atoms with Crippen LogP contribution in [0.5, 0.6) is 5.75 Å². The van der Waals surface area contributed by atoms with Crippen LogP contribution in [-0.4, -0.2) is 23.9 Å². The van der Waals surface area contributed by atoms with Gasteiger partial charge in [0.05, 0.1) is 12.2 Å². The molecule has 2 atom stereocenters. The second-order valence-electron chi connectivity index (χ2n) is 4.92. The van der Waals surface area contributed by atoms with Crippen molar-refractivity contribution in [2.24, 2.45) is 0 Å². The Morgan fingerprint density at radius 1 is 1.16 bits per heavy atom. The Kier molecular flexibility index (Phi) is 6.32. The lowest BCUT2D eigenvalue weighted by Gasteiger charge is -2.33. The highest BCUT2D eigenvalue weighted by atomic mass is 16.5. The summed E-state index contributed by atoms with van der Waals surface area (Å²) in [5, 5.41) is 10.5. The molecule has 0 heterocycles. The fourth-order valence-electron chi connectivity index (χ4n) is 2.02. The topological polar surface area (TPSA) is 38.7 Å². The highest BCUT2D eigenvalue weighted by Gasteiger charge is 2.32. The van der Waals surface area contributed by atoms with Crippen LogP contribution in [0.3, 0.4) is 0 Å². The standard InChI is InChI=1S/C16H26O3/c1-5-12-18-14-10-8-13(9-11-14)15(17)16(4,6-2)19-7-3/h8-11,15,17H,5-7,12H2,1-4H3. The average Bonchev–Trinajstić information content (AvgIpc) is 2.45. The maximum Gasteiger partial charge on any atom is 0.119 e. The summed E-state index contributed by atoms with van der Waals surface area (Å²) < 4.78 is 11.2. The van der Waals surface area contributed by atoms with Crippen LogP contribution in [0.1, 0.15) is 52.2 Å². The predicted octanol–water partition coefficient (Wildman–Crippen LogP) is 3.71. The molecule has 0 aromatic heterocycles. The number of aliphatic hydroxyl groups is 1. The number of hydrogen-bond acceptors (Lipinski definition) is 3. The molecular formula is C16H26O3. The van der Waals surface area contributed by atoms with E-state index in [1.807, 2.05) is 45.0 Å². The van der Waals surface area contributed by atoms with Gasteiger partial charge in [0.15, 0.2) is 0 Å². The summed E-state index contributed by atoms with van der Waals surface area (Å²) in [6.07, 6.45) is 1.12. The van der Waals surface area contributed by atoms with E-state index in [2.05, 4.69) is 6.92 Å². The van der Waals surface area contributed by atoms with Crippen LogP contribution >= 0.6 is 0 Å². The monoisotopic (exact) mass is 266 g/mol. The molecule has 3 nitrogen and oxygen atoms in total. The zero-order chi connectivity index (χ0) is 14.3. The van der Waals surface area contributed by atoms with Gasteiger partial charge in [0.2, 0.25) is 0 Å². The van der Waals surface area contributed by atoms with Crippen molar-refractivity contribution >= 4 is 0 Å². The number of rotatable bonds is 8. The van der Waals surface area contributed by atoms with Gasteiger partial charge in [-0.05, 0) is 44.4 Å². The van der Waals surface area contributed by atoms with Crippen LogP contribution in [0.2, 0.25) is 0 Å². The first-order chi connectivity index (χ1) is 9.07. The first kappa shape index (κ1) is 16.0. The molecule has 0 aliphatic heterocycles. The lowest BCUT2D eigenvalue weighted by atomic mass is 9.90. The molecule has 19 heavy (non-hydrogen) atoms. The molecule has 0 bridgehead atoms. The molecule has 0 saturated heterocycles. The fourth-order valence-corrected chi connectivity index (χ4v) is 2.02. The molecule has 0 spiro atoms. The van der Waals surface area contributed by atoms with Crippen molar-refractivity contribution in [1.82, 2.24) is 0 Å². The second kappa shape index (κ2) is 7.51. The first-order valence-corrected chi connectivity index (χ1v) is 7.12. The quantitative estimate of drug-likeness (QED) is 0.779. The molecule has 0 radical (unpaired) electrons. The lowest BCUT2D eigenvalue weighted by molar-refractivity contribution is -0.113. The van der Waals surface area contributed by atoms with E-state index in [4.69, 9.17) is 9.47 Å². The Labute approximate surface area is 116 Å². The van der Waals surface area contributed by atoms with Crippen molar-refractivity contribution in [1.29, 1.82) is 0 Å². The van der Waals surface area contributed by atoms with Gasteiger partial charge in [-0.25, -0.2) is 0 Å². The van der Waals surface area contributed by atoms with Gasteiger partial charge in [-0.1, -0.05) is 26.0 Å². The molecule has 0 aliphatic carbocycles. The molecule has 108 valence electrons. The van der Waals surface area contributed by atoms with Crippen molar-refractivity contribution in [3.8, 4) is 5.75 Å². The van der Waals surface area contributed by atoms with Crippen molar-refractivity contribution in [2.75, 3.05) is 13.2 Å². The maximum absolute atomic E-state index is 10.5. The number of hydrogen-bond donors (Lipinski definition) is 1. The zero-order valence-corrected chi connectivity index (χ0v) is 12.5. The Morgan fingerprint density at radius 3 is 2.26 bits per heavy atom. The molecule has 3 heteroatoms. The Hall–Kier alpha value is -1.06. The number of benzene rings is 1. The predicted molar refractivity (Wildman–Crippen MR) is 77.5 cm³/mol. The zero-order valence-electron chi connectivity index (χ0n) is 12.5. The van der Waals surface area contributed by atoms with Gasteiger partial charge >= 0.3 is 0 Å². The SMILES string of the molecule is CCCOc1ccc(C(O)C(C)(CC)OCC)cc1. The molecular weight excluding hydrogens is 240 g/mol. The summed E-state index contributed by atoms with van der Waals surface area (Å²) >= 11 is 0. The molecule has 1 aromatic rings. The van der Waals surface area contributed by atoms with Crippen molar-refractivity contribution in [3.63, 3.8) is 0 Å². The smallest absolute Gasteiger partial charge is 0.119 e. The van der Waals surface area contributed by atoms with Crippen LogP contribution in [0, 0.1) is 0 Å². The van der Waals surface area contributed by atoms with Gasteiger partial charge in [0.1, 0.15) is 11.9 Å². The molecule has 1 rings (SSSR count). The van der Waals surface area contributed by atoms with Crippen molar-refractivity contribution in [3.05, 3.63) is 29.8 Å². The molecule has 0 saturated carbocycles. The summed E-state index contributed by atoms with van der Waals surface area (Å²) in [7, 11) is 0. The molecule has 2 unspecified atom stereocenters. The second-order valence-corrected chi connectivity index (χ2v) is 4.92. The van der Waals surface area contributed by atoms with Crippen LogP contribution in [0.25, 0.3) is 0 Å². The average molecular weight is 266 g/mol. The van der Waals surface area contributed by atoms with E-state index in [0.717, 1.165) is 24.2 Å². The maximum atomic E-state index is 10.5. The van der Waals surface area contributed by atoms with E-state index in [-0.39, 0.29) is 0 Å². The summed E-state index contributed by atoms with van der Waals surface area (Å²) in [6.45, 7) is 9.31. The van der Waals surface area contributed by atoms with E-state index in [1.54, 1.807) is 0 Å². The molecule has 1 N–H and O–H groups in total. The molecule has 0 amide bonds. The van der Waals surface area contributed by atoms with Gasteiger partial charge in [-0.15, -0.1) is 0 Å². The minimum Gasteiger partial charge on any atom is -0.494 e. The van der Waals surface area contributed by atoms with Crippen LogP contribution in [-0.2, 0) is 4.74 Å². The fraction of sp³-hybridized carbons (Fsp3) is 0.625. The largest absolute Gasteiger partial charge is 0.494 e. The van der Waals surface area contributed by atoms with E-state index in [1.165, 1.54) is 0 Å². The molecule has 1 aromatic carbocycles. The molecule has 0 fully saturated rings. The van der Waals surface area contributed by atoms with Gasteiger partial charge in [0.25, 0.3) is 0 Å². The van der Waals surface area contributed by atoms with Crippen molar-refractivity contribution < 1.29 is 14.6 Å². The normalized spacial score (nSPS) is 15.8. The lowest BCUT2D eigenvalue weighted by Crippen LogP contribution is -2.35. The number of ether oxygens (including phenoxy) is 2. The molecule has 0 aliphatic rings. The summed E-state index contributed by atoms with van der Waals surface area (Å²) in [4.78, 5) is 0. The minimum atomic E-state index is -0.627. The minimum absolute atomic E-state index is 0.541. The summed E-state index contributed by atoms with van der Waals surface area (Å²) in [5.74, 6) is 0.840. The van der Waals surface area contributed by atoms with Gasteiger partial charge in [-0.2, -0.15) is 0 Å². The van der Waals surface area contributed by atoms with Gasteiger partial charge in [-0.3, -0.25) is 0 Å². The summed E-state index contributed by atoms with van der Waals surface area (Å²) in [6, 6.07) is 7.61. The Balaban J connectivity index is 2.78. The third-order valence-corrected chi connectivity index (χ3v) is 3.42. The summed E-state index contributed by atoms with van der Waals surface area (Å²) in [5.41, 5.74) is 0.322. The van der Waals surface area contributed by atoms with Crippen LogP contribution in [0.4, 0.5) is 0 Å². The van der Waals surface area contributed by atoms with Gasteiger partial charge in [0, 0.05) is 6.61 Å². The van der Waals surface area contributed by atoms with Crippen LogP contribution in [0.15, 0.2) is 24.3 Å². The van der Waals surface area contributed by atoms with E-state index in [0.29, 0.717) is 13.2 Å². The Morgan fingerprint density at radius 2 is 1.79 bits per heavy atom.